The van der Waals surface area contributed by atoms with E-state index >= 15 is 0 Å². The molecule has 0 heterocycles. The van der Waals surface area contributed by atoms with Crippen molar-refractivity contribution in [2.45, 2.75) is 11.3 Å². The summed E-state index contributed by atoms with van der Waals surface area (Å²) in [5.41, 5.74) is 9.13. The van der Waals surface area contributed by atoms with Crippen molar-refractivity contribution >= 4 is 37.1 Å². The zero-order chi connectivity index (χ0) is 28.4. The molecule has 13 nitrogen and oxygen atoms in total. The third-order valence-corrected chi connectivity index (χ3v) is 6.95. The van der Waals surface area contributed by atoms with Gasteiger partial charge in [-0.25, -0.2) is 8.42 Å². The van der Waals surface area contributed by atoms with Gasteiger partial charge in [0.05, 0.1) is 44.5 Å². The molecule has 0 aromatic heterocycles. The van der Waals surface area contributed by atoms with Gasteiger partial charge >= 0.3 is 40.2 Å². The maximum atomic E-state index is 13.5. The average molecular weight is 596 g/mol. The first-order valence-corrected chi connectivity index (χ1v) is 14.1. The molecule has 2 aromatic carbocycles. The summed E-state index contributed by atoms with van der Waals surface area (Å²) in [6, 6.07) is 11.0. The zero-order valence-corrected chi connectivity index (χ0v) is 26.2. The molecular formula is C23H34N5NaO8S2. The molecule has 0 unspecified atom stereocenters. The topological polar surface area (TPSA) is 168 Å². The molecule has 0 bridgehead atoms. The molecule has 0 saturated heterocycles. The largest absolute Gasteiger partial charge is 1.00 e. The predicted molar refractivity (Wildman–Crippen MR) is 143 cm³/mol. The van der Waals surface area contributed by atoms with Crippen LogP contribution in [-0.2, 0) is 34.8 Å². The summed E-state index contributed by atoms with van der Waals surface area (Å²) in [5.74, 6) is 0. The van der Waals surface area contributed by atoms with Gasteiger partial charge in [-0.1, -0.05) is 29.4 Å². The molecule has 0 aliphatic rings. The summed E-state index contributed by atoms with van der Waals surface area (Å²) >= 11 is 0. The number of hydrogen-bond donors (Lipinski definition) is 0. The molecule has 0 atom stereocenters. The first kappa shape index (κ1) is 37.2. The van der Waals surface area contributed by atoms with E-state index in [9.17, 15) is 8.42 Å². The van der Waals surface area contributed by atoms with Gasteiger partial charge in [-0.2, -0.15) is 10.7 Å². The number of anilines is 1. The summed E-state index contributed by atoms with van der Waals surface area (Å²) in [5, 5.41) is 4.95. The fourth-order valence-corrected chi connectivity index (χ4v) is 5.07. The van der Waals surface area contributed by atoms with Gasteiger partial charge in [0.25, 0.3) is 0 Å². The molecule has 0 saturated carbocycles. The van der Waals surface area contributed by atoms with Crippen LogP contribution in [0.15, 0.2) is 46.4 Å². The summed E-state index contributed by atoms with van der Waals surface area (Å²) in [6.45, 7) is 6.78. The van der Waals surface area contributed by atoms with Crippen LogP contribution < -0.4 is 34.5 Å². The van der Waals surface area contributed by atoms with Crippen molar-refractivity contribution in [2.75, 3.05) is 78.3 Å². The first-order valence-electron chi connectivity index (χ1n) is 11.7. The second kappa shape index (κ2) is 21.0. The first-order chi connectivity index (χ1) is 18.2. The number of hydrogen-bond acceptors (Lipinski definition) is 10. The molecule has 212 valence electrons. The Labute approximate surface area is 253 Å². The summed E-state index contributed by atoms with van der Waals surface area (Å²) in [6.07, 6.45) is 0.454. The number of rotatable bonds is 17. The van der Waals surface area contributed by atoms with E-state index < -0.39 is 20.6 Å². The molecule has 0 amide bonds. The maximum Gasteiger partial charge on any atom is 1.00 e. The minimum Gasteiger partial charge on any atom is -0.379 e. The van der Waals surface area contributed by atoms with Crippen LogP contribution in [0.4, 0.5) is 5.69 Å². The van der Waals surface area contributed by atoms with Crippen LogP contribution >= 0.6 is 0 Å². The van der Waals surface area contributed by atoms with Crippen molar-refractivity contribution < 1.29 is 64.8 Å². The van der Waals surface area contributed by atoms with Crippen molar-refractivity contribution in [1.29, 1.82) is 0 Å². The Morgan fingerprint density at radius 2 is 1.44 bits per heavy atom. The van der Waals surface area contributed by atoms with Crippen molar-refractivity contribution in [1.82, 2.24) is 4.31 Å². The quantitative estimate of drug-likeness (QED) is 0.0583. The van der Waals surface area contributed by atoms with E-state index in [4.69, 9.17) is 32.4 Å². The number of fused-ring (bicyclic) bond motifs is 1. The van der Waals surface area contributed by atoms with E-state index in [1.165, 1.54) is 4.31 Å². The van der Waals surface area contributed by atoms with E-state index in [0.717, 1.165) is 11.1 Å². The Hall–Kier alpha value is -1.78. The van der Waals surface area contributed by atoms with Crippen LogP contribution in [0.1, 0.15) is 6.42 Å². The van der Waals surface area contributed by atoms with Crippen LogP contribution in [0, 0.1) is 6.92 Å². The van der Waals surface area contributed by atoms with E-state index in [1.807, 2.05) is 43.3 Å². The molecule has 0 aliphatic heterocycles. The zero-order valence-electron chi connectivity index (χ0n) is 22.6. The van der Waals surface area contributed by atoms with Crippen molar-refractivity contribution in [3.05, 3.63) is 53.8 Å². The van der Waals surface area contributed by atoms with Crippen LogP contribution in [-0.4, -0.2) is 98.7 Å². The van der Waals surface area contributed by atoms with Crippen molar-refractivity contribution in [3.8, 4) is 0 Å². The van der Waals surface area contributed by atoms with Gasteiger partial charge < -0.3 is 26.0 Å². The van der Waals surface area contributed by atoms with Gasteiger partial charge in [0.1, 0.15) is 0 Å². The van der Waals surface area contributed by atoms with Gasteiger partial charge in [0.15, 0.2) is 0 Å². The molecule has 0 N–H and O–H groups in total. The molecule has 0 radical (unpaired) electrons. The Morgan fingerprint density at radius 1 is 0.897 bits per heavy atom. The van der Waals surface area contributed by atoms with E-state index in [0.29, 0.717) is 57.9 Å². The van der Waals surface area contributed by atoms with Crippen LogP contribution in [0.2, 0.25) is 0 Å². The Kier molecular flexibility index (Phi) is 20.1. The SMILES string of the molecule is O=S(=O)=O.[CH2-]CCN(CCOCCOCCOCCN=[N+]=[N-])S(=O)(=O)c1cccc2c(N(C)C)cccc12.[Na+]. The minimum atomic E-state index is -3.73. The second-order valence-electron chi connectivity index (χ2n) is 7.78. The standard InChI is InChI=1S/C23H34N5O5S.Na.O3S/c1-4-12-28(13-15-32-17-19-33-18-16-31-14-11-25-26-24)34(29,30)23-10-6-7-20-21(23)8-5-9-22(20)27(2)3;;1-4(2)3/h5-10H,1,4,11-19H2,2-3H3;;/q-1;+1;. The van der Waals surface area contributed by atoms with Gasteiger partial charge in [-0.3, -0.25) is 0 Å². The monoisotopic (exact) mass is 595 g/mol. The predicted octanol–water partition coefficient (Wildman–Crippen LogP) is -0.519. The summed E-state index contributed by atoms with van der Waals surface area (Å²) in [4.78, 5) is 4.89. The van der Waals surface area contributed by atoms with Crippen molar-refractivity contribution in [2.24, 2.45) is 5.11 Å². The van der Waals surface area contributed by atoms with E-state index in [2.05, 4.69) is 16.9 Å². The number of azide groups is 1. The fraction of sp³-hybridized carbons (Fsp3) is 0.522. The number of benzene rings is 2. The fourth-order valence-electron chi connectivity index (χ4n) is 3.41. The Morgan fingerprint density at radius 3 is 2.00 bits per heavy atom. The molecule has 0 spiro atoms. The molecule has 0 aliphatic carbocycles. The Bertz CT molecular complexity index is 1250. The van der Waals surface area contributed by atoms with Gasteiger partial charge in [0.2, 0.25) is 10.0 Å². The van der Waals surface area contributed by atoms with Gasteiger partial charge in [-0.05, 0) is 24.2 Å². The Balaban J connectivity index is 0.00000269. The number of ether oxygens (including phenoxy) is 3. The van der Waals surface area contributed by atoms with Crippen molar-refractivity contribution in [3.63, 3.8) is 0 Å². The molecule has 16 heteroatoms. The van der Waals surface area contributed by atoms with Gasteiger partial charge in [0, 0.05) is 48.6 Å². The smallest absolute Gasteiger partial charge is 0.379 e. The molecule has 0 fully saturated rings. The molecule has 2 rings (SSSR count). The normalized spacial score (nSPS) is 10.8. The van der Waals surface area contributed by atoms with Crippen LogP contribution in [0.3, 0.4) is 0 Å². The summed E-state index contributed by atoms with van der Waals surface area (Å²) in [7, 11) is -2.97. The van der Waals surface area contributed by atoms with E-state index in [1.54, 1.807) is 12.1 Å². The molecule has 2 aromatic rings. The number of sulfonamides is 1. The second-order valence-corrected chi connectivity index (χ2v) is 10.1. The third kappa shape index (κ3) is 13.9. The molecule has 39 heavy (non-hydrogen) atoms. The minimum absolute atomic E-state index is 0. The maximum absolute atomic E-state index is 13.5. The average Bonchev–Trinajstić information content (AvgIpc) is 2.87. The van der Waals surface area contributed by atoms with Crippen LogP contribution in [0.5, 0.6) is 0 Å². The van der Waals surface area contributed by atoms with Gasteiger partial charge in [-0.15, -0.1) is 12.6 Å². The number of nitrogens with zero attached hydrogens (tertiary/aromatic N) is 5. The van der Waals surface area contributed by atoms with Crippen LogP contribution in [0.25, 0.3) is 21.2 Å². The van der Waals surface area contributed by atoms with E-state index in [-0.39, 0.29) is 47.6 Å². The third-order valence-electron chi connectivity index (χ3n) is 4.99. The molecular weight excluding hydrogens is 561 g/mol. The summed E-state index contributed by atoms with van der Waals surface area (Å²) < 4.78 is 70.0.